The van der Waals surface area contributed by atoms with Gasteiger partial charge in [-0.1, -0.05) is 78.3 Å². The number of halogens is 3. The second-order valence-electron chi connectivity index (χ2n) is 10.5. The molecule has 0 radical (unpaired) electrons. The zero-order valence-corrected chi connectivity index (χ0v) is 24.8. The maximum absolute atomic E-state index is 14.5. The number of pyridine rings is 1. The van der Waals surface area contributed by atoms with Crippen molar-refractivity contribution >= 4 is 40.4 Å². The summed E-state index contributed by atoms with van der Waals surface area (Å²) in [6, 6.07) is 20.0. The molecule has 0 bridgehead atoms. The Labute approximate surface area is 244 Å². The Bertz CT molecular complexity index is 1630. The molecule has 0 atom stereocenters. The van der Waals surface area contributed by atoms with E-state index in [1.54, 1.807) is 0 Å². The number of alkyl halides is 2. The molecule has 1 heterocycles. The number of amides is 1. The molecule has 4 aromatic rings. The Hall–Kier alpha value is -3.17. The van der Waals surface area contributed by atoms with Crippen molar-refractivity contribution in [1.82, 2.24) is 9.88 Å². The molecule has 0 spiro atoms. The van der Waals surface area contributed by atoms with Crippen LogP contribution in [-0.4, -0.2) is 38.9 Å². The third-order valence-electron chi connectivity index (χ3n) is 7.09. The highest BCUT2D eigenvalue weighted by atomic mass is 79.9. The van der Waals surface area contributed by atoms with Crippen molar-refractivity contribution in [3.05, 3.63) is 99.8 Å². The molecule has 0 saturated heterocycles. The molecule has 2 N–H and O–H groups in total. The first-order chi connectivity index (χ1) is 19.4. The standard InChI is InChI=1S/C30H28BrF2N2O5P/c1-18(2)15-35(29(36)40-17-26-24-9-5-3-7-22(24)23-8-4-6-10-25(23)26)16-21-11-19-12-27(30(32,33)41(37,38)39)28(31)13-20(19)14-34-21/h3-14,18,26H,15-17H2,1-2H3,(H2,37,38,39). The molecule has 0 aliphatic heterocycles. The van der Waals surface area contributed by atoms with Gasteiger partial charge in [-0.05, 0) is 51.8 Å². The van der Waals surface area contributed by atoms with Gasteiger partial charge in [0.2, 0.25) is 0 Å². The number of carbonyl (C=O) groups is 1. The maximum Gasteiger partial charge on any atom is 0.410 e. The summed E-state index contributed by atoms with van der Waals surface area (Å²) < 4.78 is 46.2. The monoisotopic (exact) mass is 644 g/mol. The zero-order valence-electron chi connectivity index (χ0n) is 22.3. The van der Waals surface area contributed by atoms with E-state index in [4.69, 9.17) is 4.74 Å². The molecule has 1 aliphatic rings. The van der Waals surface area contributed by atoms with Crippen LogP contribution in [0.1, 0.15) is 42.1 Å². The van der Waals surface area contributed by atoms with E-state index >= 15 is 0 Å². The van der Waals surface area contributed by atoms with E-state index in [2.05, 4.69) is 33.0 Å². The second-order valence-corrected chi connectivity index (χ2v) is 13.0. The predicted molar refractivity (Wildman–Crippen MR) is 156 cm³/mol. The van der Waals surface area contributed by atoms with Crippen LogP contribution < -0.4 is 0 Å². The summed E-state index contributed by atoms with van der Waals surface area (Å²) in [6.07, 6.45) is 0.951. The van der Waals surface area contributed by atoms with Gasteiger partial charge in [0.1, 0.15) is 6.61 Å². The van der Waals surface area contributed by atoms with Gasteiger partial charge in [-0.3, -0.25) is 9.55 Å². The zero-order chi connectivity index (χ0) is 29.5. The van der Waals surface area contributed by atoms with Crippen LogP contribution in [-0.2, 0) is 21.5 Å². The van der Waals surface area contributed by atoms with Gasteiger partial charge >= 0.3 is 19.4 Å². The average Bonchev–Trinajstić information content (AvgIpc) is 3.24. The highest BCUT2D eigenvalue weighted by Crippen LogP contribution is 2.60. The molecule has 1 amide bonds. The van der Waals surface area contributed by atoms with Crippen LogP contribution in [0, 0.1) is 5.92 Å². The van der Waals surface area contributed by atoms with Crippen LogP contribution in [0.25, 0.3) is 21.9 Å². The van der Waals surface area contributed by atoms with Gasteiger partial charge in [0.05, 0.1) is 12.2 Å². The molecule has 41 heavy (non-hydrogen) atoms. The number of rotatable bonds is 8. The van der Waals surface area contributed by atoms with Gasteiger partial charge in [0.15, 0.2) is 0 Å². The van der Waals surface area contributed by atoms with Gasteiger partial charge in [0.25, 0.3) is 0 Å². The van der Waals surface area contributed by atoms with E-state index in [1.165, 1.54) is 23.2 Å². The lowest BCUT2D eigenvalue weighted by atomic mass is 9.98. The van der Waals surface area contributed by atoms with Crippen LogP contribution in [0.15, 0.2) is 77.4 Å². The summed E-state index contributed by atoms with van der Waals surface area (Å²) in [5.74, 6) is 0.0130. The summed E-state index contributed by atoms with van der Waals surface area (Å²) in [5, 5.41) is 0.792. The first kappa shape index (κ1) is 29.3. The Morgan fingerprint density at radius 2 is 1.66 bits per heavy atom. The van der Waals surface area contributed by atoms with Crippen molar-refractivity contribution in [2.24, 2.45) is 5.92 Å². The fourth-order valence-electron chi connectivity index (χ4n) is 5.21. The molecule has 0 fully saturated rings. The molecule has 7 nitrogen and oxygen atoms in total. The molecule has 1 aromatic heterocycles. The third-order valence-corrected chi connectivity index (χ3v) is 8.72. The van der Waals surface area contributed by atoms with E-state index in [-0.39, 0.29) is 29.5 Å². The molecule has 0 unspecified atom stereocenters. The molecule has 3 aromatic carbocycles. The lowest BCUT2D eigenvalue weighted by Crippen LogP contribution is -2.35. The number of aromatic nitrogens is 1. The summed E-state index contributed by atoms with van der Waals surface area (Å²) in [5.41, 5.74) is -0.346. The molecule has 0 saturated carbocycles. The smallest absolute Gasteiger partial charge is 0.410 e. The van der Waals surface area contributed by atoms with E-state index in [1.807, 2.05) is 50.2 Å². The number of benzene rings is 3. The summed E-state index contributed by atoms with van der Waals surface area (Å²) >= 11 is 3.00. The first-order valence-corrected chi connectivity index (χ1v) is 15.4. The number of nitrogens with zero attached hydrogens (tertiary/aromatic N) is 2. The van der Waals surface area contributed by atoms with Crippen molar-refractivity contribution in [3.63, 3.8) is 0 Å². The number of fused-ring (bicyclic) bond motifs is 4. The van der Waals surface area contributed by atoms with Crippen LogP contribution in [0.4, 0.5) is 13.6 Å². The Morgan fingerprint density at radius 1 is 1.05 bits per heavy atom. The van der Waals surface area contributed by atoms with Gasteiger partial charge in [-0.25, -0.2) is 4.79 Å². The first-order valence-electron chi connectivity index (χ1n) is 13.0. The van der Waals surface area contributed by atoms with E-state index in [0.29, 0.717) is 23.0 Å². The van der Waals surface area contributed by atoms with Crippen molar-refractivity contribution < 1.29 is 32.7 Å². The summed E-state index contributed by atoms with van der Waals surface area (Å²) in [4.78, 5) is 37.7. The van der Waals surface area contributed by atoms with Gasteiger partial charge < -0.3 is 19.4 Å². The second kappa shape index (κ2) is 11.2. The minimum absolute atomic E-state index is 0.0606. The van der Waals surface area contributed by atoms with E-state index in [9.17, 15) is 27.9 Å². The number of carbonyl (C=O) groups excluding carboxylic acids is 1. The van der Waals surface area contributed by atoms with Gasteiger partial charge in [-0.15, -0.1) is 0 Å². The van der Waals surface area contributed by atoms with E-state index < -0.39 is 24.9 Å². The lowest BCUT2D eigenvalue weighted by molar-refractivity contribution is 0.0559. The largest absolute Gasteiger partial charge is 0.448 e. The number of ether oxygens (including phenoxy) is 1. The quantitative estimate of drug-likeness (QED) is 0.191. The molecule has 5 rings (SSSR count). The highest BCUT2D eigenvalue weighted by Gasteiger charge is 2.51. The predicted octanol–water partition coefficient (Wildman–Crippen LogP) is 7.63. The fraction of sp³-hybridized carbons (Fsp3) is 0.267. The Kier molecular flexibility index (Phi) is 8.05. The average molecular weight is 645 g/mol. The summed E-state index contributed by atoms with van der Waals surface area (Å²) in [7, 11) is -5.77. The van der Waals surface area contributed by atoms with Crippen molar-refractivity contribution in [2.75, 3.05) is 13.2 Å². The number of hydrogen-bond donors (Lipinski definition) is 2. The Balaban J connectivity index is 1.38. The highest BCUT2D eigenvalue weighted by molar-refractivity contribution is 9.10. The maximum atomic E-state index is 14.5. The van der Waals surface area contributed by atoms with Crippen molar-refractivity contribution in [2.45, 2.75) is 32.0 Å². The van der Waals surface area contributed by atoms with Crippen LogP contribution in [0.3, 0.4) is 0 Å². The minimum Gasteiger partial charge on any atom is -0.448 e. The minimum atomic E-state index is -5.77. The molecule has 11 heteroatoms. The van der Waals surface area contributed by atoms with Crippen molar-refractivity contribution in [1.29, 1.82) is 0 Å². The Morgan fingerprint density at radius 3 is 2.24 bits per heavy atom. The fourth-order valence-corrected chi connectivity index (χ4v) is 6.47. The summed E-state index contributed by atoms with van der Waals surface area (Å²) in [6.45, 7) is 4.52. The van der Waals surface area contributed by atoms with Crippen LogP contribution >= 0.6 is 23.5 Å². The SMILES string of the molecule is CC(C)CN(Cc1cc2cc(C(F)(F)P(=O)(O)O)c(Br)cc2cn1)C(=O)OCC1c2ccccc2-c2ccccc21. The molecule has 214 valence electrons. The van der Waals surface area contributed by atoms with Crippen LogP contribution in [0.5, 0.6) is 0 Å². The lowest BCUT2D eigenvalue weighted by Gasteiger charge is -2.25. The molecular formula is C30H28BrF2N2O5P. The van der Waals surface area contributed by atoms with E-state index in [0.717, 1.165) is 28.3 Å². The van der Waals surface area contributed by atoms with Crippen LogP contribution in [0.2, 0.25) is 0 Å². The van der Waals surface area contributed by atoms with Gasteiger partial charge in [0, 0.05) is 34.1 Å². The molecule has 1 aliphatic carbocycles. The number of hydrogen-bond acceptors (Lipinski definition) is 4. The van der Waals surface area contributed by atoms with Gasteiger partial charge in [-0.2, -0.15) is 8.78 Å². The third kappa shape index (κ3) is 5.79. The molecular weight excluding hydrogens is 617 g/mol. The topological polar surface area (TPSA) is 100.0 Å². The normalized spacial score (nSPS) is 13.4. The van der Waals surface area contributed by atoms with Crippen molar-refractivity contribution in [3.8, 4) is 11.1 Å².